The highest BCUT2D eigenvalue weighted by Crippen LogP contribution is 2.19. The lowest BCUT2D eigenvalue weighted by Gasteiger charge is -2.24. The fraction of sp³-hybridized carbons (Fsp3) is 0.467. The highest BCUT2D eigenvalue weighted by Gasteiger charge is 2.21. The van der Waals surface area contributed by atoms with Crippen molar-refractivity contribution in [1.29, 1.82) is 0 Å². The molecule has 2 N–H and O–H groups in total. The van der Waals surface area contributed by atoms with E-state index in [2.05, 4.69) is 5.32 Å². The molecule has 0 saturated carbocycles. The van der Waals surface area contributed by atoms with Crippen LogP contribution in [0.4, 0.5) is 0 Å². The fourth-order valence-electron chi connectivity index (χ4n) is 1.75. The third-order valence-electron chi connectivity index (χ3n) is 3.11. The number of aromatic carboxylic acids is 1. The van der Waals surface area contributed by atoms with Gasteiger partial charge in [0, 0.05) is 20.3 Å². The predicted molar refractivity (Wildman–Crippen MR) is 76.0 cm³/mol. The van der Waals surface area contributed by atoms with E-state index in [0.29, 0.717) is 13.2 Å². The maximum absolute atomic E-state index is 12.1. The summed E-state index contributed by atoms with van der Waals surface area (Å²) in [7, 11) is 1.64. The van der Waals surface area contributed by atoms with E-state index >= 15 is 0 Å². The molecule has 0 aliphatic rings. The van der Waals surface area contributed by atoms with E-state index in [-0.39, 0.29) is 22.4 Å². The number of hydrogen-bond acceptors (Lipinski definition) is 3. The molecular weight excluding hydrogens is 258 g/mol. The molecule has 110 valence electrons. The van der Waals surface area contributed by atoms with Crippen molar-refractivity contribution in [2.75, 3.05) is 20.3 Å². The van der Waals surface area contributed by atoms with Gasteiger partial charge in [0.2, 0.25) is 0 Å². The van der Waals surface area contributed by atoms with Crippen LogP contribution < -0.4 is 5.32 Å². The van der Waals surface area contributed by atoms with Crippen molar-refractivity contribution < 1.29 is 19.4 Å². The van der Waals surface area contributed by atoms with Gasteiger partial charge in [0.15, 0.2) is 0 Å². The van der Waals surface area contributed by atoms with Crippen molar-refractivity contribution in [3.8, 4) is 0 Å². The Labute approximate surface area is 118 Å². The minimum Gasteiger partial charge on any atom is -0.478 e. The monoisotopic (exact) mass is 279 g/mol. The molecule has 0 atom stereocenters. The lowest BCUT2D eigenvalue weighted by Crippen LogP contribution is -2.35. The summed E-state index contributed by atoms with van der Waals surface area (Å²) in [6, 6.07) is 6.19. The van der Waals surface area contributed by atoms with Crippen molar-refractivity contribution in [3.05, 3.63) is 35.4 Å². The zero-order valence-corrected chi connectivity index (χ0v) is 12.1. The Bertz CT molecular complexity index is 483. The molecule has 0 spiro atoms. The molecule has 0 radical (unpaired) electrons. The van der Waals surface area contributed by atoms with Gasteiger partial charge in [0.25, 0.3) is 5.91 Å². The van der Waals surface area contributed by atoms with Gasteiger partial charge in [0.05, 0.1) is 11.1 Å². The number of carboxylic acids is 1. The number of rotatable bonds is 7. The molecule has 0 saturated heterocycles. The van der Waals surface area contributed by atoms with Crippen molar-refractivity contribution in [3.63, 3.8) is 0 Å². The second kappa shape index (κ2) is 7.05. The molecule has 0 fully saturated rings. The average Bonchev–Trinajstić information content (AvgIpc) is 2.42. The quantitative estimate of drug-likeness (QED) is 0.802. The Morgan fingerprint density at radius 1 is 1.25 bits per heavy atom. The topological polar surface area (TPSA) is 75.6 Å². The molecule has 0 bridgehead atoms. The highest BCUT2D eigenvalue weighted by atomic mass is 16.5. The first kappa shape index (κ1) is 16.2. The summed E-state index contributed by atoms with van der Waals surface area (Å²) in [5, 5.41) is 11.8. The third-order valence-corrected chi connectivity index (χ3v) is 3.11. The van der Waals surface area contributed by atoms with E-state index < -0.39 is 5.97 Å². The molecule has 1 aromatic rings. The van der Waals surface area contributed by atoms with E-state index in [1.807, 2.05) is 13.8 Å². The molecule has 1 rings (SSSR count). The second-order valence-electron chi connectivity index (χ2n) is 5.44. The Morgan fingerprint density at radius 3 is 2.40 bits per heavy atom. The Balaban J connectivity index is 2.70. The van der Waals surface area contributed by atoms with Crippen LogP contribution in [-0.2, 0) is 4.74 Å². The molecule has 0 heterocycles. The van der Waals surface area contributed by atoms with Gasteiger partial charge >= 0.3 is 5.97 Å². The molecular formula is C15H21NO4. The zero-order chi connectivity index (χ0) is 15.2. The minimum absolute atomic E-state index is 0.0136. The van der Waals surface area contributed by atoms with Crippen LogP contribution in [0.3, 0.4) is 0 Å². The summed E-state index contributed by atoms with van der Waals surface area (Å²) in [6.45, 7) is 5.13. The first-order valence-electron chi connectivity index (χ1n) is 6.47. The van der Waals surface area contributed by atoms with Gasteiger partial charge in [-0.15, -0.1) is 0 Å². The van der Waals surface area contributed by atoms with Crippen LogP contribution in [0.25, 0.3) is 0 Å². The normalized spacial score (nSPS) is 11.2. The number of carboxylic acid groups (broad SMARTS) is 1. The van der Waals surface area contributed by atoms with Gasteiger partial charge in [0.1, 0.15) is 0 Å². The summed E-state index contributed by atoms with van der Waals surface area (Å²) in [4.78, 5) is 23.2. The highest BCUT2D eigenvalue weighted by molar-refractivity contribution is 6.04. The number of amides is 1. The van der Waals surface area contributed by atoms with Gasteiger partial charge in [-0.05, 0) is 24.0 Å². The zero-order valence-electron chi connectivity index (χ0n) is 12.1. The summed E-state index contributed by atoms with van der Waals surface area (Å²) >= 11 is 0. The molecule has 1 amide bonds. The summed E-state index contributed by atoms with van der Waals surface area (Å²) in [6.07, 6.45) is 0.810. The van der Waals surface area contributed by atoms with Gasteiger partial charge in [-0.25, -0.2) is 4.79 Å². The van der Waals surface area contributed by atoms with Gasteiger partial charge < -0.3 is 15.2 Å². The van der Waals surface area contributed by atoms with E-state index in [0.717, 1.165) is 6.42 Å². The second-order valence-corrected chi connectivity index (χ2v) is 5.44. The average molecular weight is 279 g/mol. The molecule has 0 aliphatic heterocycles. The van der Waals surface area contributed by atoms with Gasteiger partial charge in [-0.3, -0.25) is 4.79 Å². The smallest absolute Gasteiger partial charge is 0.336 e. The molecule has 20 heavy (non-hydrogen) atoms. The van der Waals surface area contributed by atoms with Gasteiger partial charge in [-0.1, -0.05) is 26.0 Å². The lowest BCUT2D eigenvalue weighted by molar-refractivity contribution is 0.0690. The SMILES string of the molecule is COCCC(C)(C)CNC(=O)c1ccccc1C(=O)O. The molecule has 0 unspecified atom stereocenters. The third kappa shape index (κ3) is 4.66. The Morgan fingerprint density at radius 2 is 1.85 bits per heavy atom. The van der Waals surface area contributed by atoms with E-state index in [9.17, 15) is 9.59 Å². The summed E-state index contributed by atoms with van der Waals surface area (Å²) in [5.41, 5.74) is 0.0892. The number of ether oxygens (including phenoxy) is 1. The summed E-state index contributed by atoms with van der Waals surface area (Å²) in [5.74, 6) is -1.47. The number of carbonyl (C=O) groups excluding carboxylic acids is 1. The van der Waals surface area contributed by atoms with Crippen molar-refractivity contribution in [1.82, 2.24) is 5.32 Å². The summed E-state index contributed by atoms with van der Waals surface area (Å²) < 4.78 is 5.03. The van der Waals surface area contributed by atoms with Crippen molar-refractivity contribution >= 4 is 11.9 Å². The lowest BCUT2D eigenvalue weighted by atomic mass is 9.89. The van der Waals surface area contributed by atoms with Gasteiger partial charge in [-0.2, -0.15) is 0 Å². The van der Waals surface area contributed by atoms with Crippen molar-refractivity contribution in [2.24, 2.45) is 5.41 Å². The minimum atomic E-state index is -1.10. The first-order chi connectivity index (χ1) is 9.37. The molecule has 0 aromatic heterocycles. The van der Waals surface area contributed by atoms with Crippen LogP contribution >= 0.6 is 0 Å². The maximum Gasteiger partial charge on any atom is 0.336 e. The Hall–Kier alpha value is -1.88. The molecule has 0 aliphatic carbocycles. The van der Waals surface area contributed by atoms with Crippen LogP contribution in [0.1, 0.15) is 41.0 Å². The van der Waals surface area contributed by atoms with Crippen molar-refractivity contribution in [2.45, 2.75) is 20.3 Å². The Kier molecular flexibility index (Phi) is 5.70. The molecule has 5 nitrogen and oxygen atoms in total. The number of carbonyl (C=O) groups is 2. The van der Waals surface area contributed by atoms with Crippen LogP contribution in [-0.4, -0.2) is 37.2 Å². The van der Waals surface area contributed by atoms with Crippen LogP contribution in [0.2, 0.25) is 0 Å². The number of hydrogen-bond donors (Lipinski definition) is 2. The largest absolute Gasteiger partial charge is 0.478 e. The van der Waals surface area contributed by atoms with Crippen LogP contribution in [0.5, 0.6) is 0 Å². The molecule has 1 aromatic carbocycles. The van der Waals surface area contributed by atoms with E-state index in [1.165, 1.54) is 12.1 Å². The van der Waals surface area contributed by atoms with Crippen LogP contribution in [0.15, 0.2) is 24.3 Å². The standard InChI is InChI=1S/C15H21NO4/c1-15(2,8-9-20-3)10-16-13(17)11-6-4-5-7-12(11)14(18)19/h4-7H,8-10H2,1-3H3,(H,16,17)(H,18,19). The predicted octanol–water partition coefficient (Wildman–Crippen LogP) is 2.18. The molecule has 5 heteroatoms. The van der Waals surface area contributed by atoms with E-state index in [4.69, 9.17) is 9.84 Å². The fourth-order valence-corrected chi connectivity index (χ4v) is 1.75. The first-order valence-corrected chi connectivity index (χ1v) is 6.47. The number of nitrogens with one attached hydrogen (secondary N) is 1. The van der Waals surface area contributed by atoms with E-state index in [1.54, 1.807) is 19.2 Å². The number of benzene rings is 1. The maximum atomic E-state index is 12.1. The number of methoxy groups -OCH3 is 1. The van der Waals surface area contributed by atoms with Crippen LogP contribution in [0, 0.1) is 5.41 Å².